The number of aromatic amines is 1. The van der Waals surface area contributed by atoms with Crippen molar-refractivity contribution in [2.45, 2.75) is 12.7 Å². The third-order valence-corrected chi connectivity index (χ3v) is 6.14. The monoisotopic (exact) mass is 512 g/mol. The van der Waals surface area contributed by atoms with Gasteiger partial charge in [0.2, 0.25) is 5.89 Å². The van der Waals surface area contributed by atoms with Gasteiger partial charge in [-0.3, -0.25) is 4.79 Å². The van der Waals surface area contributed by atoms with Crippen LogP contribution < -0.4 is 15.6 Å². The van der Waals surface area contributed by atoms with Crippen LogP contribution in [0.5, 0.6) is 5.75 Å². The lowest BCUT2D eigenvalue weighted by molar-refractivity contribution is 0.0370. The number of alkyl carbamates (subject to hydrolysis) is 1. The number of hydrogen-bond donors (Lipinski definition) is 2. The minimum absolute atomic E-state index is 0.0375. The van der Waals surface area contributed by atoms with Crippen LogP contribution in [0.1, 0.15) is 11.4 Å². The second-order valence-electron chi connectivity index (χ2n) is 8.49. The number of rotatable bonds is 7. The van der Waals surface area contributed by atoms with Gasteiger partial charge < -0.3 is 28.9 Å². The number of hydrogen-bond acceptors (Lipinski definition) is 9. The molecule has 4 heterocycles. The van der Waals surface area contributed by atoms with Crippen molar-refractivity contribution in [2.75, 3.05) is 20.3 Å². The molecule has 1 saturated heterocycles. The lowest BCUT2D eigenvalue weighted by Crippen LogP contribution is -2.23. The summed E-state index contributed by atoms with van der Waals surface area (Å²) in [6.07, 6.45) is -0.972. The number of nitrogens with one attached hydrogen (secondary N) is 2. The fourth-order valence-electron chi connectivity index (χ4n) is 4.42. The topological polar surface area (TPSA) is 157 Å². The van der Waals surface area contributed by atoms with Crippen LogP contribution in [0.3, 0.4) is 0 Å². The molecular formula is C26H20N6O6. The molecule has 1 unspecified atom stereocenters. The van der Waals surface area contributed by atoms with Crippen LogP contribution >= 0.6 is 0 Å². The number of aromatic nitrogens is 4. The Morgan fingerprint density at radius 1 is 1.16 bits per heavy atom. The average Bonchev–Trinajstić information content (AvgIpc) is 3.65. The zero-order valence-corrected chi connectivity index (χ0v) is 20.1. The van der Waals surface area contributed by atoms with Crippen LogP contribution in [0.2, 0.25) is 0 Å². The van der Waals surface area contributed by atoms with Gasteiger partial charge in [0.05, 0.1) is 38.1 Å². The highest BCUT2D eigenvalue weighted by atomic mass is 16.6. The van der Waals surface area contributed by atoms with Crippen LogP contribution in [0.4, 0.5) is 4.79 Å². The Bertz CT molecular complexity index is 1780. The van der Waals surface area contributed by atoms with Crippen molar-refractivity contribution in [2.24, 2.45) is 0 Å². The molecule has 0 spiro atoms. The molecule has 1 fully saturated rings. The Balaban J connectivity index is 1.52. The molecule has 6 rings (SSSR count). The van der Waals surface area contributed by atoms with Crippen molar-refractivity contribution in [1.29, 1.82) is 5.26 Å². The molecule has 38 heavy (non-hydrogen) atoms. The number of H-pyrrole nitrogens is 1. The minimum atomic E-state index is -0.546. The first kappa shape index (κ1) is 23.3. The highest BCUT2D eigenvalue weighted by Crippen LogP contribution is 2.32. The Morgan fingerprint density at radius 2 is 2.00 bits per heavy atom. The smallest absolute Gasteiger partial charge is 0.407 e. The van der Waals surface area contributed by atoms with E-state index in [1.165, 1.54) is 7.11 Å². The van der Waals surface area contributed by atoms with Gasteiger partial charge in [-0.15, -0.1) is 0 Å². The molecule has 0 radical (unpaired) electrons. The maximum atomic E-state index is 13.9. The third kappa shape index (κ3) is 3.91. The van der Waals surface area contributed by atoms with Gasteiger partial charge in [-0.05, 0) is 17.7 Å². The number of carbonyl (C=O) groups excluding carboxylic acids is 1. The number of carbonyl (C=O) groups is 1. The van der Waals surface area contributed by atoms with Gasteiger partial charge in [0, 0.05) is 0 Å². The minimum Gasteiger partial charge on any atom is -0.494 e. The summed E-state index contributed by atoms with van der Waals surface area (Å²) in [5.74, 6) is 0.524. The largest absolute Gasteiger partial charge is 0.494 e. The molecule has 5 aromatic rings. The first-order valence-electron chi connectivity index (χ1n) is 11.7. The zero-order chi connectivity index (χ0) is 26.2. The Hall–Kier alpha value is -5.15. The number of fused-ring (bicyclic) bond motifs is 2. The Labute approximate surface area is 214 Å². The van der Waals surface area contributed by atoms with E-state index in [1.54, 1.807) is 18.2 Å². The van der Waals surface area contributed by atoms with Gasteiger partial charge in [-0.1, -0.05) is 36.4 Å². The summed E-state index contributed by atoms with van der Waals surface area (Å²) in [5, 5.41) is 16.7. The van der Waals surface area contributed by atoms with E-state index >= 15 is 0 Å². The standard InChI is InChI=1S/C26H20N6O6/c1-35-18-8-5-9-19-22(18)30-24(38-19)21-17(13-36-12-15-11-28-26(34)37-15)29-23-20(14-6-3-2-4-7-14)16(10-27)31-32(23)25(21)33/h2-9,15,29H,11-13H2,1H3,(H,28,34). The highest BCUT2D eigenvalue weighted by Gasteiger charge is 2.26. The van der Waals surface area contributed by atoms with E-state index < -0.39 is 17.8 Å². The molecule has 0 aliphatic carbocycles. The molecule has 0 bridgehead atoms. The molecular weight excluding hydrogens is 492 g/mol. The number of nitrogens with zero attached hydrogens (tertiary/aromatic N) is 4. The van der Waals surface area contributed by atoms with Gasteiger partial charge in [0.25, 0.3) is 5.56 Å². The van der Waals surface area contributed by atoms with Gasteiger partial charge in [-0.2, -0.15) is 14.9 Å². The number of methoxy groups -OCH3 is 1. The molecule has 2 aromatic carbocycles. The summed E-state index contributed by atoms with van der Waals surface area (Å²) < 4.78 is 23.4. The van der Waals surface area contributed by atoms with Crippen molar-refractivity contribution in [3.05, 3.63) is 70.3 Å². The molecule has 0 saturated carbocycles. The molecule has 12 heteroatoms. The number of ether oxygens (including phenoxy) is 3. The molecule has 3 aromatic heterocycles. The van der Waals surface area contributed by atoms with E-state index in [2.05, 4.69) is 26.5 Å². The molecule has 1 aliphatic heterocycles. The number of cyclic esters (lactones) is 1. The SMILES string of the molecule is COc1cccc2oc(-c3c(COCC4CNC(=O)O4)[nH]c4c(-c5ccccc5)c(C#N)nn4c3=O)nc12. The number of amides is 1. The van der Waals surface area contributed by atoms with E-state index in [-0.39, 0.29) is 30.4 Å². The molecule has 1 atom stereocenters. The van der Waals surface area contributed by atoms with Crippen molar-refractivity contribution in [3.8, 4) is 34.4 Å². The van der Waals surface area contributed by atoms with Gasteiger partial charge >= 0.3 is 6.09 Å². The fraction of sp³-hybridized carbons (Fsp3) is 0.192. The summed E-state index contributed by atoms with van der Waals surface area (Å²) in [6.45, 7) is 0.353. The number of nitriles is 1. The van der Waals surface area contributed by atoms with Crippen molar-refractivity contribution in [3.63, 3.8) is 0 Å². The van der Waals surface area contributed by atoms with E-state index in [0.29, 0.717) is 45.9 Å². The quantitative estimate of drug-likeness (QED) is 0.334. The maximum Gasteiger partial charge on any atom is 0.407 e. The van der Waals surface area contributed by atoms with E-state index in [0.717, 1.165) is 4.52 Å². The van der Waals surface area contributed by atoms with Crippen molar-refractivity contribution in [1.82, 2.24) is 24.9 Å². The number of oxazole rings is 1. The molecule has 12 nitrogen and oxygen atoms in total. The van der Waals surface area contributed by atoms with E-state index in [4.69, 9.17) is 18.6 Å². The maximum absolute atomic E-state index is 13.9. The Kier molecular flexibility index (Phi) is 5.74. The van der Waals surface area contributed by atoms with Crippen LogP contribution in [-0.2, 0) is 16.1 Å². The second-order valence-corrected chi connectivity index (χ2v) is 8.49. The summed E-state index contributed by atoms with van der Waals surface area (Å²) in [4.78, 5) is 33.0. The number of benzene rings is 2. The third-order valence-electron chi connectivity index (χ3n) is 6.14. The summed E-state index contributed by atoms with van der Waals surface area (Å²) in [5.41, 5.74) is 2.36. The lowest BCUT2D eigenvalue weighted by atomic mass is 10.1. The lowest BCUT2D eigenvalue weighted by Gasteiger charge is -2.12. The fourth-order valence-corrected chi connectivity index (χ4v) is 4.42. The average molecular weight is 512 g/mol. The molecule has 1 aliphatic rings. The van der Waals surface area contributed by atoms with Crippen LogP contribution in [0, 0.1) is 11.3 Å². The molecule has 190 valence electrons. The predicted octanol–water partition coefficient (Wildman–Crippen LogP) is 3.00. The second kappa shape index (κ2) is 9.38. The van der Waals surface area contributed by atoms with E-state index in [1.807, 2.05) is 30.3 Å². The van der Waals surface area contributed by atoms with Crippen molar-refractivity contribution < 1.29 is 23.4 Å². The van der Waals surface area contributed by atoms with Gasteiger partial charge in [-0.25, -0.2) is 9.78 Å². The summed E-state index contributed by atoms with van der Waals surface area (Å²) in [7, 11) is 1.52. The van der Waals surface area contributed by atoms with Crippen LogP contribution in [-0.4, -0.2) is 52.0 Å². The first-order chi connectivity index (χ1) is 18.6. The first-order valence-corrected chi connectivity index (χ1v) is 11.7. The summed E-state index contributed by atoms with van der Waals surface area (Å²) >= 11 is 0. The number of para-hydroxylation sites is 1. The zero-order valence-electron chi connectivity index (χ0n) is 20.1. The van der Waals surface area contributed by atoms with Gasteiger partial charge in [0.1, 0.15) is 29.1 Å². The van der Waals surface area contributed by atoms with Crippen molar-refractivity contribution >= 4 is 22.8 Å². The van der Waals surface area contributed by atoms with Crippen LogP contribution in [0.15, 0.2) is 57.7 Å². The van der Waals surface area contributed by atoms with Gasteiger partial charge in [0.15, 0.2) is 16.8 Å². The Morgan fingerprint density at radius 3 is 2.74 bits per heavy atom. The van der Waals surface area contributed by atoms with E-state index in [9.17, 15) is 14.9 Å². The predicted molar refractivity (Wildman–Crippen MR) is 133 cm³/mol. The molecule has 2 N–H and O–H groups in total. The van der Waals surface area contributed by atoms with Crippen LogP contribution in [0.25, 0.3) is 39.3 Å². The summed E-state index contributed by atoms with van der Waals surface area (Å²) in [6, 6.07) is 16.5. The molecule has 1 amide bonds. The highest BCUT2D eigenvalue weighted by molar-refractivity contribution is 5.84. The normalized spacial score (nSPS) is 14.9.